The Morgan fingerprint density at radius 3 is 2.71 bits per heavy atom. The lowest BCUT2D eigenvalue weighted by atomic mass is 9.99. The molecule has 0 amide bonds. The Morgan fingerprint density at radius 1 is 1.29 bits per heavy atom. The van der Waals surface area contributed by atoms with Crippen molar-refractivity contribution in [3.63, 3.8) is 0 Å². The van der Waals surface area contributed by atoms with E-state index in [2.05, 4.69) is 42.3 Å². The molecule has 1 aliphatic heterocycles. The maximum Gasteiger partial charge on any atom is 0.000720 e. The fraction of sp³-hybridized carbons (Fsp3) is 0.538. The molecule has 1 nitrogen and oxygen atoms in total. The Bertz CT molecular complexity index is 268. The fourth-order valence-corrected chi connectivity index (χ4v) is 2.28. The smallest absolute Gasteiger partial charge is 0.000720 e. The molecule has 0 aliphatic carbocycles. The van der Waals surface area contributed by atoms with Crippen LogP contribution in [0.2, 0.25) is 0 Å². The predicted molar refractivity (Wildman–Crippen MR) is 60.4 cm³/mol. The highest BCUT2D eigenvalue weighted by Gasteiger charge is 2.18. The lowest BCUT2D eigenvalue weighted by molar-refractivity contribution is 0.388. The monoisotopic (exact) mass is 189 g/mol. The van der Waals surface area contributed by atoms with Gasteiger partial charge in [-0.2, -0.15) is 0 Å². The molecule has 76 valence electrons. The summed E-state index contributed by atoms with van der Waals surface area (Å²) in [4.78, 5) is 2.44. The molecule has 1 aromatic rings. The second-order valence-corrected chi connectivity index (χ2v) is 4.44. The molecule has 1 aliphatic rings. The van der Waals surface area contributed by atoms with Gasteiger partial charge < -0.3 is 4.90 Å². The van der Waals surface area contributed by atoms with E-state index in [0.29, 0.717) is 0 Å². The standard InChI is InChI=1S/C13H19N/c1-14-10-9-13(11-14)8-7-12-5-3-2-4-6-12/h2-6,13H,7-11H2,1H3/t13-/m1/s1. The molecule has 0 N–H and O–H groups in total. The Labute approximate surface area is 86.7 Å². The Morgan fingerprint density at radius 2 is 2.07 bits per heavy atom. The van der Waals surface area contributed by atoms with Gasteiger partial charge in [0.25, 0.3) is 0 Å². The molecular weight excluding hydrogens is 170 g/mol. The zero-order valence-electron chi connectivity index (χ0n) is 8.95. The highest BCUT2D eigenvalue weighted by atomic mass is 15.1. The van der Waals surface area contributed by atoms with Crippen LogP contribution in [0.3, 0.4) is 0 Å². The summed E-state index contributed by atoms with van der Waals surface area (Å²) in [5.41, 5.74) is 1.49. The van der Waals surface area contributed by atoms with Gasteiger partial charge in [0.2, 0.25) is 0 Å². The van der Waals surface area contributed by atoms with Crippen LogP contribution in [0.4, 0.5) is 0 Å². The summed E-state index contributed by atoms with van der Waals surface area (Å²) < 4.78 is 0. The van der Waals surface area contributed by atoms with Crippen LogP contribution < -0.4 is 0 Å². The van der Waals surface area contributed by atoms with Crippen molar-refractivity contribution in [2.45, 2.75) is 19.3 Å². The second-order valence-electron chi connectivity index (χ2n) is 4.44. The summed E-state index contributed by atoms with van der Waals surface area (Å²) in [7, 11) is 2.22. The van der Waals surface area contributed by atoms with E-state index in [9.17, 15) is 0 Å². The van der Waals surface area contributed by atoms with Crippen molar-refractivity contribution in [1.82, 2.24) is 4.90 Å². The van der Waals surface area contributed by atoms with Crippen molar-refractivity contribution >= 4 is 0 Å². The summed E-state index contributed by atoms with van der Waals surface area (Å²) in [6, 6.07) is 10.8. The predicted octanol–water partition coefficient (Wildman–Crippen LogP) is 2.57. The number of hydrogen-bond acceptors (Lipinski definition) is 1. The van der Waals surface area contributed by atoms with Crippen molar-refractivity contribution in [2.75, 3.05) is 20.1 Å². The largest absolute Gasteiger partial charge is 0.306 e. The molecule has 1 saturated heterocycles. The lowest BCUT2D eigenvalue weighted by Gasteiger charge is -2.09. The van der Waals surface area contributed by atoms with E-state index in [4.69, 9.17) is 0 Å². The van der Waals surface area contributed by atoms with Gasteiger partial charge in [0.05, 0.1) is 0 Å². The van der Waals surface area contributed by atoms with Crippen LogP contribution in [0.5, 0.6) is 0 Å². The number of rotatable bonds is 3. The fourth-order valence-electron chi connectivity index (χ4n) is 2.28. The van der Waals surface area contributed by atoms with Gasteiger partial charge in [-0.3, -0.25) is 0 Å². The molecule has 0 unspecified atom stereocenters. The number of benzene rings is 1. The number of hydrogen-bond donors (Lipinski definition) is 0. The topological polar surface area (TPSA) is 3.24 Å². The Kier molecular flexibility index (Phi) is 3.20. The summed E-state index contributed by atoms with van der Waals surface area (Å²) in [5.74, 6) is 0.931. The maximum absolute atomic E-state index is 2.44. The minimum absolute atomic E-state index is 0.931. The van der Waals surface area contributed by atoms with E-state index >= 15 is 0 Å². The van der Waals surface area contributed by atoms with E-state index < -0.39 is 0 Å². The van der Waals surface area contributed by atoms with Crippen LogP contribution in [-0.2, 0) is 6.42 Å². The molecule has 0 saturated carbocycles. The number of aryl methyl sites for hydroxylation is 1. The molecule has 1 heteroatoms. The zero-order chi connectivity index (χ0) is 9.80. The van der Waals surface area contributed by atoms with Gasteiger partial charge in [0.15, 0.2) is 0 Å². The molecule has 1 heterocycles. The first-order chi connectivity index (χ1) is 6.84. The van der Waals surface area contributed by atoms with Crippen LogP contribution in [0.1, 0.15) is 18.4 Å². The van der Waals surface area contributed by atoms with E-state index in [-0.39, 0.29) is 0 Å². The molecule has 1 fully saturated rings. The Balaban J connectivity index is 1.78. The summed E-state index contributed by atoms with van der Waals surface area (Å²) >= 11 is 0. The molecule has 1 aromatic carbocycles. The number of likely N-dealkylation sites (tertiary alicyclic amines) is 1. The first kappa shape index (κ1) is 9.72. The quantitative estimate of drug-likeness (QED) is 0.706. The van der Waals surface area contributed by atoms with Crippen molar-refractivity contribution in [3.8, 4) is 0 Å². The van der Waals surface area contributed by atoms with E-state index in [1.807, 2.05) is 0 Å². The second kappa shape index (κ2) is 4.61. The van der Waals surface area contributed by atoms with Crippen molar-refractivity contribution in [3.05, 3.63) is 35.9 Å². The van der Waals surface area contributed by atoms with Gasteiger partial charge in [-0.1, -0.05) is 30.3 Å². The van der Waals surface area contributed by atoms with Gasteiger partial charge in [-0.15, -0.1) is 0 Å². The average molecular weight is 189 g/mol. The van der Waals surface area contributed by atoms with Gasteiger partial charge >= 0.3 is 0 Å². The van der Waals surface area contributed by atoms with Crippen LogP contribution in [0.15, 0.2) is 30.3 Å². The number of nitrogens with zero attached hydrogens (tertiary/aromatic N) is 1. The third-order valence-corrected chi connectivity index (χ3v) is 3.17. The van der Waals surface area contributed by atoms with Gasteiger partial charge in [0, 0.05) is 6.54 Å². The summed E-state index contributed by atoms with van der Waals surface area (Å²) in [6.07, 6.45) is 4.00. The van der Waals surface area contributed by atoms with E-state index in [1.54, 1.807) is 0 Å². The van der Waals surface area contributed by atoms with Crippen molar-refractivity contribution < 1.29 is 0 Å². The Hall–Kier alpha value is -0.820. The third-order valence-electron chi connectivity index (χ3n) is 3.17. The summed E-state index contributed by atoms with van der Waals surface area (Å²) in [6.45, 7) is 2.59. The molecular formula is C13H19N. The first-order valence-electron chi connectivity index (χ1n) is 5.57. The maximum atomic E-state index is 2.44. The third kappa shape index (κ3) is 2.58. The summed E-state index contributed by atoms with van der Waals surface area (Å²) in [5, 5.41) is 0. The van der Waals surface area contributed by atoms with Gasteiger partial charge in [-0.25, -0.2) is 0 Å². The molecule has 0 aromatic heterocycles. The van der Waals surface area contributed by atoms with Gasteiger partial charge in [0.1, 0.15) is 0 Å². The molecule has 0 radical (unpaired) electrons. The molecule has 1 atom stereocenters. The average Bonchev–Trinajstić information content (AvgIpc) is 2.63. The lowest BCUT2D eigenvalue weighted by Crippen LogP contribution is -2.14. The zero-order valence-corrected chi connectivity index (χ0v) is 8.95. The SMILES string of the molecule is CN1CC[C@@H](CCc2ccccc2)C1. The highest BCUT2D eigenvalue weighted by Crippen LogP contribution is 2.19. The minimum atomic E-state index is 0.931. The first-order valence-corrected chi connectivity index (χ1v) is 5.57. The molecule has 0 spiro atoms. The van der Waals surface area contributed by atoms with Crippen LogP contribution in [0, 0.1) is 5.92 Å². The molecule has 0 bridgehead atoms. The van der Waals surface area contributed by atoms with Crippen LogP contribution in [-0.4, -0.2) is 25.0 Å². The van der Waals surface area contributed by atoms with Crippen molar-refractivity contribution in [2.24, 2.45) is 5.92 Å². The van der Waals surface area contributed by atoms with Crippen LogP contribution in [0.25, 0.3) is 0 Å². The van der Waals surface area contributed by atoms with E-state index in [1.165, 1.54) is 37.9 Å². The van der Waals surface area contributed by atoms with Crippen LogP contribution >= 0.6 is 0 Å². The van der Waals surface area contributed by atoms with Crippen molar-refractivity contribution in [1.29, 1.82) is 0 Å². The molecule has 2 rings (SSSR count). The molecule has 14 heavy (non-hydrogen) atoms. The van der Waals surface area contributed by atoms with E-state index in [0.717, 1.165) is 5.92 Å². The normalized spacial score (nSPS) is 22.8. The van der Waals surface area contributed by atoms with Gasteiger partial charge in [-0.05, 0) is 44.3 Å². The minimum Gasteiger partial charge on any atom is -0.306 e. The highest BCUT2D eigenvalue weighted by molar-refractivity contribution is 5.14.